The first-order valence-corrected chi connectivity index (χ1v) is 8.98. The third-order valence-corrected chi connectivity index (χ3v) is 4.34. The summed E-state index contributed by atoms with van der Waals surface area (Å²) < 4.78 is 57.4. The van der Waals surface area contributed by atoms with Crippen molar-refractivity contribution in [1.82, 2.24) is 4.98 Å². The van der Waals surface area contributed by atoms with E-state index in [0.717, 1.165) is 6.07 Å². The number of nitrogens with one attached hydrogen (secondary N) is 2. The summed E-state index contributed by atoms with van der Waals surface area (Å²) in [6.07, 6.45) is -3.58. The standard InChI is InChI=1S/C21H16F4N4O3/c1-32-16-8-9-27-18(26)17(16)20(31)29-15-5-3-2-4-12(15)19(30)28-11-6-7-14(22)13(10-11)21(23,24)25/h2-10H,1H3,(H2,26,27)(H,28,30)(H,29,31). The van der Waals surface area contributed by atoms with Gasteiger partial charge in [0.1, 0.15) is 22.9 Å². The summed E-state index contributed by atoms with van der Waals surface area (Å²) in [4.78, 5) is 29.3. The number of para-hydroxylation sites is 1. The van der Waals surface area contributed by atoms with Crippen LogP contribution in [0.3, 0.4) is 0 Å². The molecule has 0 spiro atoms. The Morgan fingerprint density at radius 1 is 1.03 bits per heavy atom. The number of rotatable bonds is 5. The van der Waals surface area contributed by atoms with Gasteiger partial charge >= 0.3 is 6.18 Å². The number of alkyl halides is 3. The molecule has 0 aliphatic carbocycles. The third-order valence-electron chi connectivity index (χ3n) is 4.34. The molecule has 1 heterocycles. The molecule has 0 saturated heterocycles. The molecule has 11 heteroatoms. The fourth-order valence-corrected chi connectivity index (χ4v) is 2.85. The van der Waals surface area contributed by atoms with E-state index in [9.17, 15) is 27.2 Å². The fraction of sp³-hybridized carbons (Fsp3) is 0.0952. The first kappa shape index (κ1) is 22.5. The number of nitrogens with two attached hydrogens (primary N) is 1. The van der Waals surface area contributed by atoms with E-state index in [1.54, 1.807) is 0 Å². The summed E-state index contributed by atoms with van der Waals surface area (Å²) in [5.41, 5.74) is 3.91. The molecule has 0 radical (unpaired) electrons. The molecule has 4 N–H and O–H groups in total. The Hall–Kier alpha value is -4.15. The SMILES string of the molecule is COc1ccnc(N)c1C(=O)Nc1ccccc1C(=O)Nc1ccc(F)c(C(F)(F)F)c1. The normalized spacial score (nSPS) is 11.0. The molecule has 0 fully saturated rings. The van der Waals surface area contributed by atoms with Gasteiger partial charge in [0.05, 0.1) is 23.9 Å². The molecule has 0 bridgehead atoms. The van der Waals surface area contributed by atoms with Crippen LogP contribution in [0.1, 0.15) is 26.3 Å². The number of nitrogens with zero attached hydrogens (tertiary/aromatic N) is 1. The van der Waals surface area contributed by atoms with Crippen molar-refractivity contribution in [3.8, 4) is 5.75 Å². The zero-order chi connectivity index (χ0) is 23.5. The largest absolute Gasteiger partial charge is 0.496 e. The lowest BCUT2D eigenvalue weighted by atomic mass is 10.1. The van der Waals surface area contributed by atoms with E-state index >= 15 is 0 Å². The van der Waals surface area contributed by atoms with Crippen LogP contribution in [0.2, 0.25) is 0 Å². The van der Waals surface area contributed by atoms with Crippen molar-refractivity contribution in [2.75, 3.05) is 23.5 Å². The molecule has 0 atom stereocenters. The van der Waals surface area contributed by atoms with Crippen LogP contribution in [-0.4, -0.2) is 23.9 Å². The Balaban J connectivity index is 1.88. The zero-order valence-electron chi connectivity index (χ0n) is 16.5. The number of hydrogen-bond donors (Lipinski definition) is 3. The van der Waals surface area contributed by atoms with Gasteiger partial charge < -0.3 is 21.1 Å². The molecule has 2 amide bonds. The van der Waals surface area contributed by atoms with Crippen molar-refractivity contribution < 1.29 is 31.9 Å². The second-order valence-electron chi connectivity index (χ2n) is 6.42. The zero-order valence-corrected chi connectivity index (χ0v) is 16.5. The Kier molecular flexibility index (Phi) is 6.28. The van der Waals surface area contributed by atoms with Gasteiger partial charge in [-0.3, -0.25) is 9.59 Å². The number of methoxy groups -OCH3 is 1. The van der Waals surface area contributed by atoms with Gasteiger partial charge in [-0.25, -0.2) is 9.37 Å². The monoisotopic (exact) mass is 448 g/mol. The lowest BCUT2D eigenvalue weighted by Crippen LogP contribution is -2.20. The van der Waals surface area contributed by atoms with Crippen LogP contribution in [0.25, 0.3) is 0 Å². The molecule has 1 aromatic heterocycles. The number of carbonyl (C=O) groups excluding carboxylic acids is 2. The lowest BCUT2D eigenvalue weighted by Gasteiger charge is -2.14. The first-order valence-electron chi connectivity index (χ1n) is 8.98. The lowest BCUT2D eigenvalue weighted by molar-refractivity contribution is -0.139. The summed E-state index contributed by atoms with van der Waals surface area (Å²) >= 11 is 0. The minimum atomic E-state index is -4.93. The van der Waals surface area contributed by atoms with Gasteiger partial charge in [-0.1, -0.05) is 12.1 Å². The predicted molar refractivity (Wildman–Crippen MR) is 109 cm³/mol. The number of anilines is 3. The number of carbonyl (C=O) groups is 2. The Bertz CT molecular complexity index is 1180. The van der Waals surface area contributed by atoms with Crippen molar-refractivity contribution in [2.45, 2.75) is 6.18 Å². The number of nitrogen functional groups attached to an aromatic ring is 1. The summed E-state index contributed by atoms with van der Waals surface area (Å²) in [6.45, 7) is 0. The summed E-state index contributed by atoms with van der Waals surface area (Å²) in [6, 6.07) is 9.30. The number of hydrogen-bond acceptors (Lipinski definition) is 5. The van der Waals surface area contributed by atoms with Gasteiger partial charge in [0, 0.05) is 11.9 Å². The molecule has 3 aromatic rings. The van der Waals surface area contributed by atoms with Gasteiger partial charge in [-0.2, -0.15) is 13.2 Å². The quantitative estimate of drug-likeness (QED) is 0.504. The van der Waals surface area contributed by atoms with Crippen LogP contribution in [0.15, 0.2) is 54.7 Å². The van der Waals surface area contributed by atoms with Crippen molar-refractivity contribution in [2.24, 2.45) is 0 Å². The van der Waals surface area contributed by atoms with Crippen LogP contribution in [-0.2, 0) is 6.18 Å². The van der Waals surface area contributed by atoms with E-state index in [2.05, 4.69) is 15.6 Å². The van der Waals surface area contributed by atoms with Gasteiger partial charge in [-0.05, 0) is 36.4 Å². The average Bonchev–Trinajstić information content (AvgIpc) is 2.74. The Labute approximate surface area is 179 Å². The van der Waals surface area contributed by atoms with E-state index < -0.39 is 29.4 Å². The van der Waals surface area contributed by atoms with E-state index in [0.29, 0.717) is 12.1 Å². The van der Waals surface area contributed by atoms with Crippen LogP contribution in [0.4, 0.5) is 34.8 Å². The smallest absolute Gasteiger partial charge is 0.419 e. The molecule has 7 nitrogen and oxygen atoms in total. The fourth-order valence-electron chi connectivity index (χ4n) is 2.85. The number of halogens is 4. The molecule has 32 heavy (non-hydrogen) atoms. The van der Waals surface area contributed by atoms with E-state index in [1.165, 1.54) is 43.6 Å². The molecular weight excluding hydrogens is 432 g/mol. The van der Waals surface area contributed by atoms with Crippen LogP contribution in [0.5, 0.6) is 5.75 Å². The van der Waals surface area contributed by atoms with E-state index in [1.807, 2.05) is 0 Å². The molecule has 0 aliphatic rings. The highest BCUT2D eigenvalue weighted by Crippen LogP contribution is 2.33. The van der Waals surface area contributed by atoms with Gasteiger partial charge in [0.2, 0.25) is 0 Å². The maximum absolute atomic E-state index is 13.5. The molecule has 2 aromatic carbocycles. The summed E-state index contributed by atoms with van der Waals surface area (Å²) in [7, 11) is 1.34. The third kappa shape index (κ3) is 4.77. The second-order valence-corrected chi connectivity index (χ2v) is 6.42. The highest BCUT2D eigenvalue weighted by molar-refractivity contribution is 6.14. The van der Waals surface area contributed by atoms with Crippen molar-refractivity contribution >= 4 is 29.0 Å². The van der Waals surface area contributed by atoms with Gasteiger partial charge in [0.15, 0.2) is 0 Å². The summed E-state index contributed by atoms with van der Waals surface area (Å²) in [5, 5.41) is 4.78. The Morgan fingerprint density at radius 2 is 1.75 bits per heavy atom. The molecular formula is C21H16F4N4O3. The highest BCUT2D eigenvalue weighted by atomic mass is 19.4. The highest BCUT2D eigenvalue weighted by Gasteiger charge is 2.34. The number of pyridine rings is 1. The van der Waals surface area contributed by atoms with E-state index in [-0.39, 0.29) is 34.1 Å². The summed E-state index contributed by atoms with van der Waals surface area (Å²) in [5.74, 6) is -2.95. The maximum Gasteiger partial charge on any atom is 0.419 e. The average molecular weight is 448 g/mol. The topological polar surface area (TPSA) is 106 Å². The molecule has 166 valence electrons. The molecule has 0 aliphatic heterocycles. The van der Waals surface area contributed by atoms with Crippen LogP contribution >= 0.6 is 0 Å². The first-order chi connectivity index (χ1) is 15.1. The van der Waals surface area contributed by atoms with Crippen molar-refractivity contribution in [3.05, 3.63) is 77.2 Å². The minimum Gasteiger partial charge on any atom is -0.496 e. The van der Waals surface area contributed by atoms with Crippen molar-refractivity contribution in [1.29, 1.82) is 0 Å². The Morgan fingerprint density at radius 3 is 2.44 bits per heavy atom. The molecule has 3 rings (SSSR count). The number of benzene rings is 2. The maximum atomic E-state index is 13.5. The van der Waals surface area contributed by atoms with Crippen LogP contribution in [0, 0.1) is 5.82 Å². The predicted octanol–water partition coefficient (Wildman–Crippen LogP) is 4.33. The minimum absolute atomic E-state index is 0.0541. The van der Waals surface area contributed by atoms with Gasteiger partial charge in [0.25, 0.3) is 11.8 Å². The van der Waals surface area contributed by atoms with Crippen LogP contribution < -0.4 is 21.1 Å². The molecule has 0 saturated carbocycles. The number of ether oxygens (including phenoxy) is 1. The van der Waals surface area contributed by atoms with Crippen molar-refractivity contribution in [3.63, 3.8) is 0 Å². The molecule has 0 unspecified atom stereocenters. The number of amides is 2. The number of aromatic nitrogens is 1. The van der Waals surface area contributed by atoms with Gasteiger partial charge in [-0.15, -0.1) is 0 Å². The second kappa shape index (κ2) is 8.92. The van der Waals surface area contributed by atoms with E-state index in [4.69, 9.17) is 10.5 Å².